The molecule has 0 spiro atoms. The molecule has 3 saturated carbocycles. The number of aromatic amines is 1. The molecule has 1 aliphatic heterocycles. The number of H-pyrrole nitrogens is 1. The van der Waals surface area contributed by atoms with Crippen molar-refractivity contribution in [1.82, 2.24) is 15.1 Å². The summed E-state index contributed by atoms with van der Waals surface area (Å²) in [6.07, 6.45) is 5.19. The van der Waals surface area contributed by atoms with Crippen LogP contribution in [0.4, 0.5) is 0 Å². The summed E-state index contributed by atoms with van der Waals surface area (Å²) in [5.74, 6) is 2.39. The number of benzene rings is 1. The Balaban J connectivity index is 1.51. The number of hydrogen-bond acceptors (Lipinski definition) is 2. The van der Waals surface area contributed by atoms with Gasteiger partial charge in [-0.15, -0.1) is 0 Å². The Hall–Kier alpha value is -1.55. The normalized spacial score (nSPS) is 32.9. The molecule has 2 heterocycles. The molecule has 5 heteroatoms. The van der Waals surface area contributed by atoms with E-state index in [0.29, 0.717) is 16.8 Å². The Morgan fingerprint density at radius 2 is 2.23 bits per heavy atom. The average Bonchev–Trinajstić information content (AvgIpc) is 3.05. The second-order valence-electron chi connectivity index (χ2n) is 7.13. The van der Waals surface area contributed by atoms with Crippen LogP contribution in [0, 0.1) is 17.8 Å². The third-order valence-electron chi connectivity index (χ3n) is 6.04. The predicted molar refractivity (Wildman–Crippen MR) is 84.9 cm³/mol. The molecule has 1 saturated heterocycles. The van der Waals surface area contributed by atoms with E-state index < -0.39 is 0 Å². The van der Waals surface area contributed by atoms with Crippen molar-refractivity contribution in [2.75, 3.05) is 6.54 Å². The molecule has 3 aliphatic carbocycles. The summed E-state index contributed by atoms with van der Waals surface area (Å²) >= 11 is 6.01. The van der Waals surface area contributed by atoms with Crippen LogP contribution in [0.1, 0.15) is 36.2 Å². The lowest BCUT2D eigenvalue weighted by Gasteiger charge is -2.42. The summed E-state index contributed by atoms with van der Waals surface area (Å²) < 4.78 is 0. The summed E-state index contributed by atoms with van der Waals surface area (Å²) in [5.41, 5.74) is 1.38. The van der Waals surface area contributed by atoms with Gasteiger partial charge in [0.05, 0.1) is 5.52 Å². The van der Waals surface area contributed by atoms with Gasteiger partial charge in [-0.3, -0.25) is 9.89 Å². The largest absolute Gasteiger partial charge is 0.334 e. The van der Waals surface area contributed by atoms with Crippen LogP contribution in [0.25, 0.3) is 10.9 Å². The minimum Gasteiger partial charge on any atom is -0.334 e. The number of hydrogen-bond donors (Lipinski definition) is 1. The zero-order valence-corrected chi connectivity index (χ0v) is 13.0. The average molecular weight is 316 g/mol. The Morgan fingerprint density at radius 1 is 1.32 bits per heavy atom. The van der Waals surface area contributed by atoms with Crippen LogP contribution in [0.2, 0.25) is 5.02 Å². The Morgan fingerprint density at radius 3 is 3.05 bits per heavy atom. The SMILES string of the molecule is O=C(c1n[nH]c2cc(Cl)ccc12)N1C[C@@H]2C[C@H]3CCC2[C@@H]1C3. The number of nitrogens with one attached hydrogen (secondary N) is 1. The molecule has 1 unspecified atom stereocenters. The number of aromatic nitrogens is 2. The van der Waals surface area contributed by atoms with E-state index in [1.807, 2.05) is 18.2 Å². The van der Waals surface area contributed by atoms with Crippen molar-refractivity contribution in [1.29, 1.82) is 0 Å². The zero-order chi connectivity index (χ0) is 14.8. The Kier molecular flexibility index (Phi) is 2.63. The molecule has 4 fully saturated rings. The highest BCUT2D eigenvalue weighted by molar-refractivity contribution is 6.31. The third kappa shape index (κ3) is 1.70. The summed E-state index contributed by atoms with van der Waals surface area (Å²) in [4.78, 5) is 15.1. The molecule has 22 heavy (non-hydrogen) atoms. The summed E-state index contributed by atoms with van der Waals surface area (Å²) in [7, 11) is 0. The second kappa shape index (κ2) is 4.48. The lowest BCUT2D eigenvalue weighted by molar-refractivity contribution is 0.0606. The number of carbonyl (C=O) groups is 1. The van der Waals surface area contributed by atoms with Crippen molar-refractivity contribution in [3.63, 3.8) is 0 Å². The lowest BCUT2D eigenvalue weighted by atomic mass is 9.65. The van der Waals surface area contributed by atoms with Crippen LogP contribution < -0.4 is 0 Å². The van der Waals surface area contributed by atoms with Crippen molar-refractivity contribution < 1.29 is 4.79 Å². The number of rotatable bonds is 1. The molecular weight excluding hydrogens is 298 g/mol. The molecule has 0 radical (unpaired) electrons. The van der Waals surface area contributed by atoms with Gasteiger partial charge < -0.3 is 4.90 Å². The van der Waals surface area contributed by atoms with E-state index in [1.54, 1.807) is 0 Å². The summed E-state index contributed by atoms with van der Waals surface area (Å²) in [6, 6.07) is 5.98. The fourth-order valence-electron chi connectivity index (χ4n) is 5.10. The van der Waals surface area contributed by atoms with Gasteiger partial charge in [0.1, 0.15) is 0 Å². The second-order valence-corrected chi connectivity index (χ2v) is 7.56. The number of nitrogens with zero attached hydrogens (tertiary/aromatic N) is 2. The van der Waals surface area contributed by atoms with Crippen LogP contribution in [0.15, 0.2) is 18.2 Å². The van der Waals surface area contributed by atoms with Crippen molar-refractivity contribution in [3.8, 4) is 0 Å². The van der Waals surface area contributed by atoms with Gasteiger partial charge in [0.25, 0.3) is 5.91 Å². The van der Waals surface area contributed by atoms with Crippen molar-refractivity contribution in [2.45, 2.75) is 31.7 Å². The van der Waals surface area contributed by atoms with Crippen LogP contribution in [-0.2, 0) is 0 Å². The summed E-state index contributed by atoms with van der Waals surface area (Å²) in [6.45, 7) is 0.923. The van der Waals surface area contributed by atoms with Crippen LogP contribution >= 0.6 is 11.6 Å². The van der Waals surface area contributed by atoms with Crippen molar-refractivity contribution >= 4 is 28.4 Å². The molecule has 1 amide bonds. The molecule has 6 rings (SSSR count). The van der Waals surface area contributed by atoms with Crippen molar-refractivity contribution in [3.05, 3.63) is 28.9 Å². The van der Waals surface area contributed by atoms with E-state index in [-0.39, 0.29) is 5.91 Å². The molecule has 114 valence electrons. The molecule has 2 aromatic rings. The fourth-order valence-corrected chi connectivity index (χ4v) is 5.27. The van der Waals surface area contributed by atoms with Gasteiger partial charge in [-0.05, 0) is 55.2 Å². The molecule has 1 N–H and O–H groups in total. The van der Waals surface area contributed by atoms with E-state index >= 15 is 0 Å². The van der Waals surface area contributed by atoms with Gasteiger partial charge >= 0.3 is 0 Å². The van der Waals surface area contributed by atoms with Gasteiger partial charge in [0.2, 0.25) is 0 Å². The zero-order valence-electron chi connectivity index (χ0n) is 12.3. The van der Waals surface area contributed by atoms with E-state index in [4.69, 9.17) is 11.6 Å². The van der Waals surface area contributed by atoms with E-state index in [1.165, 1.54) is 25.7 Å². The first-order chi connectivity index (χ1) is 10.7. The molecule has 1 aromatic heterocycles. The number of fused-ring (bicyclic) bond motifs is 2. The van der Waals surface area contributed by atoms with E-state index in [2.05, 4.69) is 15.1 Å². The quantitative estimate of drug-likeness (QED) is 0.876. The highest BCUT2D eigenvalue weighted by Gasteiger charge is 2.51. The monoisotopic (exact) mass is 315 g/mol. The first-order valence-electron chi connectivity index (χ1n) is 8.15. The minimum absolute atomic E-state index is 0.0913. The molecule has 1 aromatic carbocycles. The molecule has 4 aliphatic rings. The standard InChI is InChI=1S/C17H18ClN3O/c18-11-2-4-13-14(7-11)19-20-16(13)17(22)21-8-10-5-9-1-3-12(10)15(21)6-9/h2,4,7,9-10,12,15H,1,3,5-6,8H2,(H,19,20)/t9-,10+,12?,15+/m1/s1. The minimum atomic E-state index is 0.0913. The highest BCUT2D eigenvalue weighted by atomic mass is 35.5. The van der Waals surface area contributed by atoms with E-state index in [0.717, 1.165) is 35.2 Å². The number of carbonyl (C=O) groups excluding carboxylic acids is 1. The smallest absolute Gasteiger partial charge is 0.275 e. The maximum atomic E-state index is 13.0. The predicted octanol–water partition coefficient (Wildman–Crippen LogP) is 3.48. The van der Waals surface area contributed by atoms with Crippen molar-refractivity contribution in [2.24, 2.45) is 17.8 Å². The molecular formula is C17H18ClN3O. The van der Waals surface area contributed by atoms with Crippen LogP contribution in [-0.4, -0.2) is 33.6 Å². The fraction of sp³-hybridized carbons (Fsp3) is 0.529. The maximum Gasteiger partial charge on any atom is 0.275 e. The van der Waals surface area contributed by atoms with Gasteiger partial charge in [-0.25, -0.2) is 0 Å². The van der Waals surface area contributed by atoms with Gasteiger partial charge in [-0.1, -0.05) is 18.0 Å². The molecule has 4 nitrogen and oxygen atoms in total. The topological polar surface area (TPSA) is 49.0 Å². The van der Waals surface area contributed by atoms with Gasteiger partial charge in [-0.2, -0.15) is 5.10 Å². The Labute approximate surface area is 133 Å². The lowest BCUT2D eigenvalue weighted by Crippen LogP contribution is -2.42. The highest BCUT2D eigenvalue weighted by Crippen LogP contribution is 2.51. The maximum absolute atomic E-state index is 13.0. The molecule has 4 atom stereocenters. The first kappa shape index (κ1) is 12.9. The van der Waals surface area contributed by atoms with Crippen LogP contribution in [0.3, 0.4) is 0 Å². The summed E-state index contributed by atoms with van der Waals surface area (Å²) in [5, 5.41) is 8.76. The van der Waals surface area contributed by atoms with Gasteiger partial charge in [0, 0.05) is 23.0 Å². The van der Waals surface area contributed by atoms with Gasteiger partial charge in [0.15, 0.2) is 5.69 Å². The van der Waals surface area contributed by atoms with Crippen LogP contribution in [0.5, 0.6) is 0 Å². The Bertz CT molecular complexity index is 770. The number of likely N-dealkylation sites (tertiary alicyclic amines) is 1. The number of amides is 1. The first-order valence-corrected chi connectivity index (χ1v) is 8.53. The third-order valence-corrected chi connectivity index (χ3v) is 6.27. The molecule has 4 bridgehead atoms. The van der Waals surface area contributed by atoms with E-state index in [9.17, 15) is 4.79 Å². The number of halogens is 1.